The van der Waals surface area contributed by atoms with Crippen molar-refractivity contribution in [1.29, 1.82) is 0 Å². The Morgan fingerprint density at radius 2 is 2.20 bits per heavy atom. The Kier molecular flexibility index (Phi) is 2.70. The van der Waals surface area contributed by atoms with Gasteiger partial charge in [-0.2, -0.15) is 5.10 Å². The largest absolute Gasteiger partial charge is 0.394 e. The standard InChI is InChI=1S/C11H15N3O/c1-8(12)11(7-15)14-10-5-3-2-4-9(10)6-13-14/h2-6,8,11,15H,7,12H2,1H3. The summed E-state index contributed by atoms with van der Waals surface area (Å²) in [6, 6.07) is 7.61. The number of rotatable bonds is 3. The van der Waals surface area contributed by atoms with Crippen LogP contribution >= 0.6 is 0 Å². The van der Waals surface area contributed by atoms with Crippen molar-refractivity contribution in [2.24, 2.45) is 5.73 Å². The molecule has 1 aromatic heterocycles. The molecule has 2 atom stereocenters. The lowest BCUT2D eigenvalue weighted by Crippen LogP contribution is -2.32. The van der Waals surface area contributed by atoms with Crippen LogP contribution in [0.3, 0.4) is 0 Å². The number of aliphatic hydroxyl groups is 1. The molecule has 1 aromatic carbocycles. The molecule has 0 bridgehead atoms. The van der Waals surface area contributed by atoms with Crippen LogP contribution in [0.15, 0.2) is 30.5 Å². The van der Waals surface area contributed by atoms with Crippen molar-refractivity contribution in [2.45, 2.75) is 19.0 Å². The maximum absolute atomic E-state index is 9.29. The van der Waals surface area contributed by atoms with Crippen LogP contribution in [0.25, 0.3) is 10.9 Å². The molecule has 15 heavy (non-hydrogen) atoms. The van der Waals surface area contributed by atoms with Gasteiger partial charge in [0.1, 0.15) is 0 Å². The van der Waals surface area contributed by atoms with Gasteiger partial charge >= 0.3 is 0 Å². The molecule has 0 fully saturated rings. The van der Waals surface area contributed by atoms with E-state index in [4.69, 9.17) is 5.73 Å². The summed E-state index contributed by atoms with van der Waals surface area (Å²) < 4.78 is 1.79. The molecule has 0 saturated heterocycles. The molecule has 3 N–H and O–H groups in total. The number of benzene rings is 1. The lowest BCUT2D eigenvalue weighted by atomic mass is 10.1. The summed E-state index contributed by atoms with van der Waals surface area (Å²) in [5, 5.41) is 14.6. The van der Waals surface area contributed by atoms with Crippen molar-refractivity contribution < 1.29 is 5.11 Å². The fourth-order valence-corrected chi connectivity index (χ4v) is 1.72. The summed E-state index contributed by atoms with van der Waals surface area (Å²) in [5.41, 5.74) is 6.82. The van der Waals surface area contributed by atoms with Gasteiger partial charge in [0.25, 0.3) is 0 Å². The van der Waals surface area contributed by atoms with Gasteiger partial charge in [-0.25, -0.2) is 0 Å². The Bertz CT molecular complexity index is 450. The van der Waals surface area contributed by atoms with Gasteiger partial charge in [0.15, 0.2) is 0 Å². The summed E-state index contributed by atoms with van der Waals surface area (Å²) in [6.45, 7) is 1.88. The number of aromatic nitrogens is 2. The van der Waals surface area contributed by atoms with Crippen molar-refractivity contribution in [3.63, 3.8) is 0 Å². The van der Waals surface area contributed by atoms with Gasteiger partial charge in [-0.3, -0.25) is 4.68 Å². The van der Waals surface area contributed by atoms with Crippen molar-refractivity contribution in [3.05, 3.63) is 30.5 Å². The number of nitrogens with zero attached hydrogens (tertiary/aromatic N) is 2. The van der Waals surface area contributed by atoms with Crippen LogP contribution in [0.1, 0.15) is 13.0 Å². The molecule has 0 aliphatic rings. The SMILES string of the molecule is CC(N)C(CO)n1ncc2ccccc21. The highest BCUT2D eigenvalue weighted by atomic mass is 16.3. The van der Waals surface area contributed by atoms with Crippen LogP contribution in [0.5, 0.6) is 0 Å². The quantitative estimate of drug-likeness (QED) is 0.783. The minimum Gasteiger partial charge on any atom is -0.394 e. The van der Waals surface area contributed by atoms with Gasteiger partial charge < -0.3 is 10.8 Å². The first kappa shape index (κ1) is 10.1. The second-order valence-electron chi connectivity index (χ2n) is 3.76. The third-order valence-electron chi connectivity index (χ3n) is 2.61. The molecule has 2 rings (SSSR count). The maximum atomic E-state index is 9.29. The number of hydrogen-bond donors (Lipinski definition) is 2. The van der Waals surface area contributed by atoms with Gasteiger partial charge in [-0.15, -0.1) is 0 Å². The minimum absolute atomic E-state index is 0.00331. The molecular weight excluding hydrogens is 190 g/mol. The highest BCUT2D eigenvalue weighted by Crippen LogP contribution is 2.18. The molecule has 80 valence electrons. The predicted molar refractivity (Wildman–Crippen MR) is 59.5 cm³/mol. The van der Waals surface area contributed by atoms with Crippen molar-refractivity contribution in [2.75, 3.05) is 6.61 Å². The molecule has 0 saturated carbocycles. The van der Waals surface area contributed by atoms with E-state index in [1.807, 2.05) is 31.2 Å². The molecule has 4 nitrogen and oxygen atoms in total. The Balaban J connectivity index is 2.51. The van der Waals surface area contributed by atoms with Gasteiger partial charge in [0, 0.05) is 11.4 Å². The summed E-state index contributed by atoms with van der Waals surface area (Å²) in [5.74, 6) is 0. The lowest BCUT2D eigenvalue weighted by molar-refractivity contribution is 0.205. The van der Waals surface area contributed by atoms with Crippen LogP contribution in [-0.2, 0) is 0 Å². The monoisotopic (exact) mass is 205 g/mol. The molecule has 0 aliphatic carbocycles. The zero-order chi connectivity index (χ0) is 10.8. The van der Waals surface area contributed by atoms with Crippen LogP contribution in [-0.4, -0.2) is 27.5 Å². The fourth-order valence-electron chi connectivity index (χ4n) is 1.72. The van der Waals surface area contributed by atoms with Crippen molar-refractivity contribution in [1.82, 2.24) is 9.78 Å². The summed E-state index contributed by atoms with van der Waals surface area (Å²) >= 11 is 0. The van der Waals surface area contributed by atoms with Gasteiger partial charge in [-0.05, 0) is 13.0 Å². The third-order valence-corrected chi connectivity index (χ3v) is 2.61. The van der Waals surface area contributed by atoms with Gasteiger partial charge in [0.2, 0.25) is 0 Å². The highest BCUT2D eigenvalue weighted by Gasteiger charge is 2.17. The normalized spacial score (nSPS) is 15.4. The van der Waals surface area contributed by atoms with E-state index >= 15 is 0 Å². The number of para-hydroxylation sites is 1. The van der Waals surface area contributed by atoms with E-state index in [1.54, 1.807) is 10.9 Å². The fraction of sp³-hybridized carbons (Fsp3) is 0.364. The Labute approximate surface area is 88.3 Å². The Hall–Kier alpha value is -1.39. The van der Waals surface area contributed by atoms with Crippen LogP contribution in [0.2, 0.25) is 0 Å². The van der Waals surface area contributed by atoms with E-state index in [9.17, 15) is 5.11 Å². The molecule has 0 aliphatic heterocycles. The first-order valence-electron chi connectivity index (χ1n) is 5.02. The number of fused-ring (bicyclic) bond motifs is 1. The second kappa shape index (κ2) is 4.00. The molecule has 2 aromatic rings. The van der Waals surface area contributed by atoms with E-state index in [2.05, 4.69) is 5.10 Å². The molecule has 2 unspecified atom stereocenters. The highest BCUT2D eigenvalue weighted by molar-refractivity contribution is 5.78. The smallest absolute Gasteiger partial charge is 0.0904 e. The number of nitrogens with two attached hydrogens (primary N) is 1. The number of aliphatic hydroxyl groups excluding tert-OH is 1. The first-order valence-corrected chi connectivity index (χ1v) is 5.02. The molecular formula is C11H15N3O. The minimum atomic E-state index is -0.162. The van der Waals surface area contributed by atoms with E-state index in [-0.39, 0.29) is 18.7 Å². The topological polar surface area (TPSA) is 64.1 Å². The van der Waals surface area contributed by atoms with Crippen molar-refractivity contribution in [3.8, 4) is 0 Å². The first-order chi connectivity index (χ1) is 7.24. The van der Waals surface area contributed by atoms with Crippen LogP contribution < -0.4 is 5.73 Å². The average molecular weight is 205 g/mol. The third kappa shape index (κ3) is 1.73. The van der Waals surface area contributed by atoms with E-state index < -0.39 is 0 Å². The zero-order valence-corrected chi connectivity index (χ0v) is 8.67. The summed E-state index contributed by atoms with van der Waals surface area (Å²) in [7, 11) is 0. The van der Waals surface area contributed by atoms with Crippen LogP contribution in [0, 0.1) is 0 Å². The van der Waals surface area contributed by atoms with E-state index in [0.29, 0.717) is 0 Å². The summed E-state index contributed by atoms with van der Waals surface area (Å²) in [6.07, 6.45) is 1.79. The number of hydrogen-bond acceptors (Lipinski definition) is 3. The maximum Gasteiger partial charge on any atom is 0.0904 e. The van der Waals surface area contributed by atoms with Crippen LogP contribution in [0.4, 0.5) is 0 Å². The van der Waals surface area contributed by atoms with Crippen molar-refractivity contribution >= 4 is 10.9 Å². The van der Waals surface area contributed by atoms with E-state index in [0.717, 1.165) is 10.9 Å². The van der Waals surface area contributed by atoms with Gasteiger partial charge in [0.05, 0.1) is 24.4 Å². The van der Waals surface area contributed by atoms with Gasteiger partial charge in [-0.1, -0.05) is 18.2 Å². The Morgan fingerprint density at radius 3 is 2.87 bits per heavy atom. The lowest BCUT2D eigenvalue weighted by Gasteiger charge is -2.19. The second-order valence-corrected chi connectivity index (χ2v) is 3.76. The Morgan fingerprint density at radius 1 is 1.47 bits per heavy atom. The summed E-state index contributed by atoms with van der Waals surface area (Å²) in [4.78, 5) is 0. The van der Waals surface area contributed by atoms with E-state index in [1.165, 1.54) is 0 Å². The molecule has 0 amide bonds. The molecule has 0 radical (unpaired) electrons. The molecule has 4 heteroatoms. The predicted octanol–water partition coefficient (Wildman–Crippen LogP) is 0.917. The average Bonchev–Trinajstić information content (AvgIpc) is 2.63. The molecule has 0 spiro atoms. The molecule has 1 heterocycles. The zero-order valence-electron chi connectivity index (χ0n) is 8.67.